The van der Waals surface area contributed by atoms with E-state index in [-0.39, 0.29) is 23.9 Å². The van der Waals surface area contributed by atoms with E-state index in [1.165, 1.54) is 0 Å². The van der Waals surface area contributed by atoms with Crippen molar-refractivity contribution in [3.63, 3.8) is 0 Å². The third-order valence-corrected chi connectivity index (χ3v) is 6.30. The normalized spacial score (nSPS) is 20.2. The molecule has 2 aliphatic heterocycles. The van der Waals surface area contributed by atoms with Crippen molar-refractivity contribution >= 4 is 11.8 Å². The van der Waals surface area contributed by atoms with Gasteiger partial charge in [0.15, 0.2) is 11.5 Å². The average Bonchev–Trinajstić information content (AvgIpc) is 3.38. The predicted octanol–water partition coefficient (Wildman–Crippen LogP) is 1.99. The lowest BCUT2D eigenvalue weighted by Gasteiger charge is -2.36. The molecule has 2 aromatic rings. The van der Waals surface area contributed by atoms with Crippen molar-refractivity contribution in [1.82, 2.24) is 20.7 Å². The molecule has 34 heavy (non-hydrogen) atoms. The highest BCUT2D eigenvalue weighted by atomic mass is 16.5. The zero-order valence-corrected chi connectivity index (χ0v) is 19.9. The Labute approximate surface area is 199 Å². The molecule has 2 N–H and O–H groups in total. The van der Waals surface area contributed by atoms with E-state index in [2.05, 4.69) is 10.9 Å². The van der Waals surface area contributed by atoms with Crippen molar-refractivity contribution in [3.8, 4) is 17.2 Å². The number of piperazine rings is 1. The minimum absolute atomic E-state index is 0.0533. The van der Waals surface area contributed by atoms with Crippen LogP contribution in [0.2, 0.25) is 0 Å². The quantitative estimate of drug-likeness (QED) is 0.642. The summed E-state index contributed by atoms with van der Waals surface area (Å²) in [6, 6.07) is 12.8. The van der Waals surface area contributed by atoms with E-state index in [1.807, 2.05) is 36.1 Å². The molecule has 182 valence electrons. The van der Waals surface area contributed by atoms with Gasteiger partial charge >= 0.3 is 0 Å². The summed E-state index contributed by atoms with van der Waals surface area (Å²) >= 11 is 0. The van der Waals surface area contributed by atoms with Gasteiger partial charge in [-0.1, -0.05) is 12.1 Å². The lowest BCUT2D eigenvalue weighted by atomic mass is 10.0. The van der Waals surface area contributed by atoms with E-state index in [0.717, 1.165) is 11.3 Å². The number of nitrogens with zero attached hydrogens (tertiary/aromatic N) is 2. The molecule has 9 nitrogen and oxygen atoms in total. The van der Waals surface area contributed by atoms with Gasteiger partial charge in [0.25, 0.3) is 5.91 Å². The van der Waals surface area contributed by atoms with E-state index in [9.17, 15) is 9.59 Å². The van der Waals surface area contributed by atoms with Crippen LogP contribution in [0.3, 0.4) is 0 Å². The second-order valence-corrected chi connectivity index (χ2v) is 8.32. The summed E-state index contributed by atoms with van der Waals surface area (Å²) in [5.74, 6) is 1.91. The van der Waals surface area contributed by atoms with E-state index < -0.39 is 0 Å². The minimum atomic E-state index is -0.301. The Morgan fingerprint density at radius 1 is 0.912 bits per heavy atom. The van der Waals surface area contributed by atoms with Crippen LogP contribution in [0.1, 0.15) is 35.3 Å². The van der Waals surface area contributed by atoms with Gasteiger partial charge in [0.1, 0.15) is 11.8 Å². The van der Waals surface area contributed by atoms with Gasteiger partial charge in [-0.2, -0.15) is 0 Å². The molecule has 2 unspecified atom stereocenters. The lowest BCUT2D eigenvalue weighted by molar-refractivity contribution is -0.134. The van der Waals surface area contributed by atoms with Gasteiger partial charge in [-0.3, -0.25) is 9.59 Å². The van der Waals surface area contributed by atoms with Gasteiger partial charge in [-0.25, -0.2) is 10.9 Å². The van der Waals surface area contributed by atoms with Crippen molar-refractivity contribution in [2.45, 2.75) is 25.4 Å². The number of carbonyl (C=O) groups excluding carboxylic acids is 2. The molecule has 9 heteroatoms. The Morgan fingerprint density at radius 3 is 2.24 bits per heavy atom. The fraction of sp³-hybridized carbons (Fsp3) is 0.440. The number of methoxy groups -OCH3 is 2. The van der Waals surface area contributed by atoms with Crippen molar-refractivity contribution in [2.75, 3.05) is 47.0 Å². The van der Waals surface area contributed by atoms with Gasteiger partial charge < -0.3 is 24.0 Å². The molecule has 0 aliphatic carbocycles. The van der Waals surface area contributed by atoms with Gasteiger partial charge in [0.05, 0.1) is 20.8 Å². The van der Waals surface area contributed by atoms with Gasteiger partial charge in [0.2, 0.25) is 5.91 Å². The molecule has 0 aromatic heterocycles. The molecule has 2 atom stereocenters. The molecule has 2 aromatic carbocycles. The van der Waals surface area contributed by atoms with Gasteiger partial charge in [-0.05, 0) is 49.2 Å². The molecule has 4 rings (SSSR count). The van der Waals surface area contributed by atoms with Gasteiger partial charge in [0, 0.05) is 37.8 Å². The topological polar surface area (TPSA) is 92.4 Å². The summed E-state index contributed by atoms with van der Waals surface area (Å²) in [5, 5.41) is 0. The minimum Gasteiger partial charge on any atom is -0.494 e. The maximum atomic E-state index is 13.1. The first kappa shape index (κ1) is 23.8. The number of hydrogen-bond donors (Lipinski definition) is 2. The number of hydrogen-bond acceptors (Lipinski definition) is 7. The van der Waals surface area contributed by atoms with Gasteiger partial charge in [-0.15, -0.1) is 0 Å². The number of hydrazine groups is 1. The van der Waals surface area contributed by atoms with Crippen LogP contribution in [-0.2, 0) is 4.79 Å². The molecule has 0 bridgehead atoms. The third-order valence-electron chi connectivity index (χ3n) is 6.30. The van der Waals surface area contributed by atoms with Crippen molar-refractivity contribution in [3.05, 3.63) is 53.6 Å². The molecule has 0 spiro atoms. The molecule has 0 radical (unpaired) electrons. The maximum absolute atomic E-state index is 13.1. The molecule has 2 fully saturated rings. The Bertz CT molecular complexity index is 1000. The van der Waals surface area contributed by atoms with E-state index >= 15 is 0 Å². The second kappa shape index (κ2) is 10.8. The molecular weight excluding hydrogens is 436 g/mol. The Hall–Kier alpha value is -3.30. The zero-order chi connectivity index (χ0) is 24.1. The summed E-state index contributed by atoms with van der Waals surface area (Å²) < 4.78 is 16.1. The maximum Gasteiger partial charge on any atom is 0.254 e. The zero-order valence-electron chi connectivity index (χ0n) is 19.9. The predicted molar refractivity (Wildman–Crippen MR) is 127 cm³/mol. The van der Waals surface area contributed by atoms with Crippen LogP contribution < -0.4 is 25.1 Å². The number of amides is 2. The standard InChI is InChI=1S/C25H32N4O5/c1-4-34-19-8-5-17(6-9-19)20-16-21(27-26-20)25(31)29-13-11-28(12-14-29)24(30)18-7-10-22(32-2)23(15-18)33-3/h5-10,15,20-21,26-27H,4,11-14,16H2,1-3H3. The lowest BCUT2D eigenvalue weighted by Crippen LogP contribution is -2.54. The Kier molecular flexibility index (Phi) is 7.54. The van der Waals surface area contributed by atoms with Crippen LogP contribution >= 0.6 is 0 Å². The molecular formula is C25H32N4O5. The first-order chi connectivity index (χ1) is 16.5. The van der Waals surface area contributed by atoms with Crippen LogP contribution in [0.25, 0.3) is 0 Å². The van der Waals surface area contributed by atoms with Crippen LogP contribution in [0.4, 0.5) is 0 Å². The van der Waals surface area contributed by atoms with E-state index in [4.69, 9.17) is 14.2 Å². The van der Waals surface area contributed by atoms with Crippen LogP contribution in [0.15, 0.2) is 42.5 Å². The van der Waals surface area contributed by atoms with Crippen LogP contribution in [0, 0.1) is 0 Å². The molecule has 2 saturated heterocycles. The SMILES string of the molecule is CCOc1ccc(C2CC(C(=O)N3CCN(C(=O)c4ccc(OC)c(OC)c4)CC3)NN2)cc1. The Balaban J connectivity index is 1.30. The monoisotopic (exact) mass is 468 g/mol. The summed E-state index contributed by atoms with van der Waals surface area (Å²) in [4.78, 5) is 29.7. The first-order valence-electron chi connectivity index (χ1n) is 11.6. The molecule has 2 heterocycles. The number of rotatable bonds is 7. The summed E-state index contributed by atoms with van der Waals surface area (Å²) in [6.45, 7) is 4.57. The van der Waals surface area contributed by atoms with E-state index in [1.54, 1.807) is 37.3 Å². The highest BCUT2D eigenvalue weighted by molar-refractivity contribution is 5.95. The molecule has 2 aliphatic rings. The van der Waals surface area contributed by atoms with E-state index in [0.29, 0.717) is 56.3 Å². The molecule has 0 saturated carbocycles. The fourth-order valence-corrected chi connectivity index (χ4v) is 4.40. The highest BCUT2D eigenvalue weighted by Gasteiger charge is 2.34. The number of carbonyl (C=O) groups is 2. The fourth-order valence-electron chi connectivity index (χ4n) is 4.40. The first-order valence-corrected chi connectivity index (χ1v) is 11.6. The third kappa shape index (κ3) is 5.10. The Morgan fingerprint density at radius 2 is 1.59 bits per heavy atom. The van der Waals surface area contributed by atoms with Crippen LogP contribution in [-0.4, -0.2) is 74.7 Å². The smallest absolute Gasteiger partial charge is 0.254 e. The number of nitrogens with one attached hydrogen (secondary N) is 2. The van der Waals surface area contributed by atoms with Crippen molar-refractivity contribution < 1.29 is 23.8 Å². The number of ether oxygens (including phenoxy) is 3. The molecule has 2 amide bonds. The summed E-state index contributed by atoms with van der Waals surface area (Å²) in [7, 11) is 3.10. The summed E-state index contributed by atoms with van der Waals surface area (Å²) in [5.41, 5.74) is 8.03. The van der Waals surface area contributed by atoms with Crippen molar-refractivity contribution in [1.29, 1.82) is 0 Å². The van der Waals surface area contributed by atoms with Crippen LogP contribution in [0.5, 0.6) is 17.2 Å². The van der Waals surface area contributed by atoms with Crippen molar-refractivity contribution in [2.24, 2.45) is 0 Å². The highest BCUT2D eigenvalue weighted by Crippen LogP contribution is 2.28. The largest absolute Gasteiger partial charge is 0.494 e. The number of benzene rings is 2. The average molecular weight is 469 g/mol. The summed E-state index contributed by atoms with van der Waals surface area (Å²) in [6.07, 6.45) is 0.664. The second-order valence-electron chi connectivity index (χ2n) is 8.32.